The van der Waals surface area contributed by atoms with Gasteiger partial charge in [0.05, 0.1) is 6.26 Å². The molecule has 2 N–H and O–H groups in total. The van der Waals surface area contributed by atoms with Crippen LogP contribution in [-0.4, -0.2) is 16.3 Å². The number of hydrogen-bond acceptors (Lipinski definition) is 2. The van der Waals surface area contributed by atoms with E-state index in [2.05, 4.69) is 0 Å². The Balaban J connectivity index is 2.78. The summed E-state index contributed by atoms with van der Waals surface area (Å²) in [6.45, 7) is 0. The van der Waals surface area contributed by atoms with E-state index in [4.69, 9.17) is 10.2 Å². The lowest BCUT2D eigenvalue weighted by Crippen LogP contribution is -2.06. The molecular weight excluding hydrogens is 116 g/mol. The molecule has 0 heterocycles. The number of rotatable bonds is 0. The van der Waals surface area contributed by atoms with E-state index in [1.54, 1.807) is 24.3 Å². The van der Waals surface area contributed by atoms with Crippen LogP contribution < -0.4 is 0 Å². The van der Waals surface area contributed by atoms with Gasteiger partial charge in [-0.05, 0) is 0 Å². The minimum atomic E-state index is -0.639. The Morgan fingerprint density at radius 1 is 1.44 bits per heavy atom. The third-order valence-corrected chi connectivity index (χ3v) is 1.18. The molecule has 0 radical (unpaired) electrons. The van der Waals surface area contributed by atoms with Gasteiger partial charge in [0.2, 0.25) is 0 Å². The van der Waals surface area contributed by atoms with Crippen LogP contribution >= 0.6 is 0 Å². The number of hydrogen-bond donors (Lipinski definition) is 2. The van der Waals surface area contributed by atoms with Crippen molar-refractivity contribution in [1.82, 2.24) is 0 Å². The Kier molecular flexibility index (Phi) is 1.70. The lowest BCUT2D eigenvalue weighted by Gasteiger charge is -2.07. The van der Waals surface area contributed by atoms with Crippen molar-refractivity contribution in [3.8, 4) is 0 Å². The maximum Gasteiger partial charge on any atom is 0.100 e. The standard InChI is InChI=1S/C7H8O2/c8-5-6-3-1-2-4-7(6)9/h1-5,7-9H. The molecular formula is C7H8O2. The van der Waals surface area contributed by atoms with E-state index in [0.29, 0.717) is 5.57 Å². The molecule has 0 saturated heterocycles. The van der Waals surface area contributed by atoms with E-state index in [1.165, 1.54) is 0 Å². The molecule has 0 aliphatic heterocycles. The second-order valence-electron chi connectivity index (χ2n) is 1.82. The summed E-state index contributed by atoms with van der Waals surface area (Å²) in [5.41, 5.74) is 0.525. The van der Waals surface area contributed by atoms with Gasteiger partial charge >= 0.3 is 0 Å². The van der Waals surface area contributed by atoms with Crippen LogP contribution in [-0.2, 0) is 0 Å². The fourth-order valence-corrected chi connectivity index (χ4v) is 0.665. The summed E-state index contributed by atoms with van der Waals surface area (Å²) in [6.07, 6.45) is 7.02. The van der Waals surface area contributed by atoms with E-state index in [-0.39, 0.29) is 0 Å². The molecule has 9 heavy (non-hydrogen) atoms. The zero-order chi connectivity index (χ0) is 6.69. The van der Waals surface area contributed by atoms with Crippen LogP contribution in [0.25, 0.3) is 0 Å². The normalized spacial score (nSPS) is 29.4. The predicted molar refractivity (Wildman–Crippen MR) is 35.0 cm³/mol. The molecule has 0 aromatic carbocycles. The maximum absolute atomic E-state index is 9.00. The lowest BCUT2D eigenvalue weighted by molar-refractivity contribution is 0.257. The van der Waals surface area contributed by atoms with Crippen molar-refractivity contribution in [2.75, 3.05) is 0 Å². The van der Waals surface area contributed by atoms with Crippen molar-refractivity contribution in [3.63, 3.8) is 0 Å². The summed E-state index contributed by atoms with van der Waals surface area (Å²) in [4.78, 5) is 0. The van der Waals surface area contributed by atoms with E-state index in [0.717, 1.165) is 6.26 Å². The van der Waals surface area contributed by atoms with E-state index >= 15 is 0 Å². The summed E-state index contributed by atoms with van der Waals surface area (Å²) < 4.78 is 0. The van der Waals surface area contributed by atoms with E-state index in [1.807, 2.05) is 0 Å². The molecule has 0 bridgehead atoms. The number of aliphatic hydroxyl groups is 2. The van der Waals surface area contributed by atoms with Gasteiger partial charge in [-0.1, -0.05) is 24.3 Å². The Morgan fingerprint density at radius 3 is 2.67 bits per heavy atom. The highest BCUT2D eigenvalue weighted by molar-refractivity contribution is 5.32. The topological polar surface area (TPSA) is 40.5 Å². The highest BCUT2D eigenvalue weighted by Crippen LogP contribution is 2.09. The molecule has 0 amide bonds. The molecule has 0 spiro atoms. The van der Waals surface area contributed by atoms with Crippen LogP contribution in [0.5, 0.6) is 0 Å². The molecule has 2 heteroatoms. The van der Waals surface area contributed by atoms with Crippen LogP contribution in [0.4, 0.5) is 0 Å². The summed E-state index contributed by atoms with van der Waals surface area (Å²) in [5, 5.41) is 17.5. The fourth-order valence-electron chi connectivity index (χ4n) is 0.665. The molecule has 1 aliphatic rings. The maximum atomic E-state index is 9.00. The molecule has 1 rings (SSSR count). The summed E-state index contributed by atoms with van der Waals surface area (Å²) in [5.74, 6) is 0. The number of allylic oxidation sites excluding steroid dienone is 2. The van der Waals surface area contributed by atoms with Gasteiger partial charge in [0.15, 0.2) is 0 Å². The Bertz CT molecular complexity index is 177. The second-order valence-corrected chi connectivity index (χ2v) is 1.82. The first-order chi connectivity index (χ1) is 4.34. The van der Waals surface area contributed by atoms with Crippen molar-refractivity contribution in [3.05, 3.63) is 36.1 Å². The average Bonchev–Trinajstić information content (AvgIpc) is 1.89. The average molecular weight is 124 g/mol. The van der Waals surface area contributed by atoms with Gasteiger partial charge in [-0.3, -0.25) is 0 Å². The molecule has 48 valence electrons. The third kappa shape index (κ3) is 1.21. The first-order valence-corrected chi connectivity index (χ1v) is 2.72. The second kappa shape index (κ2) is 2.51. The SMILES string of the molecule is OC=C1C=CC=CC1O. The highest BCUT2D eigenvalue weighted by atomic mass is 16.3. The number of aliphatic hydroxyl groups excluding tert-OH is 2. The molecule has 1 aliphatic carbocycles. The fraction of sp³-hybridized carbons (Fsp3) is 0.143. The third-order valence-electron chi connectivity index (χ3n) is 1.18. The molecule has 0 saturated carbocycles. The van der Waals surface area contributed by atoms with E-state index in [9.17, 15) is 0 Å². The minimum absolute atomic E-state index is 0.525. The lowest BCUT2D eigenvalue weighted by atomic mass is 10.1. The van der Waals surface area contributed by atoms with Crippen LogP contribution in [0.1, 0.15) is 0 Å². The van der Waals surface area contributed by atoms with Crippen molar-refractivity contribution in [2.24, 2.45) is 0 Å². The predicted octanol–water partition coefficient (Wildman–Crippen LogP) is 0.915. The molecule has 1 unspecified atom stereocenters. The summed E-state index contributed by atoms with van der Waals surface area (Å²) in [6, 6.07) is 0. The summed E-state index contributed by atoms with van der Waals surface area (Å²) in [7, 11) is 0. The van der Waals surface area contributed by atoms with Crippen LogP contribution in [0.2, 0.25) is 0 Å². The highest BCUT2D eigenvalue weighted by Gasteiger charge is 2.04. The largest absolute Gasteiger partial charge is 0.515 e. The first kappa shape index (κ1) is 6.11. The van der Waals surface area contributed by atoms with E-state index < -0.39 is 6.10 Å². The van der Waals surface area contributed by atoms with Gasteiger partial charge in [-0.15, -0.1) is 0 Å². The van der Waals surface area contributed by atoms with Gasteiger partial charge in [-0.25, -0.2) is 0 Å². The Morgan fingerprint density at radius 2 is 2.22 bits per heavy atom. The van der Waals surface area contributed by atoms with Gasteiger partial charge in [0, 0.05) is 5.57 Å². The molecule has 2 nitrogen and oxygen atoms in total. The van der Waals surface area contributed by atoms with Gasteiger partial charge in [0.1, 0.15) is 6.10 Å². The molecule has 0 aromatic rings. The van der Waals surface area contributed by atoms with Crippen molar-refractivity contribution < 1.29 is 10.2 Å². The molecule has 0 aromatic heterocycles. The van der Waals surface area contributed by atoms with Gasteiger partial charge in [0.25, 0.3) is 0 Å². The van der Waals surface area contributed by atoms with Crippen molar-refractivity contribution in [1.29, 1.82) is 0 Å². The van der Waals surface area contributed by atoms with Gasteiger partial charge in [-0.2, -0.15) is 0 Å². The first-order valence-electron chi connectivity index (χ1n) is 2.72. The van der Waals surface area contributed by atoms with Gasteiger partial charge < -0.3 is 10.2 Å². The van der Waals surface area contributed by atoms with Crippen molar-refractivity contribution >= 4 is 0 Å². The Hall–Kier alpha value is -1.02. The smallest absolute Gasteiger partial charge is 0.100 e. The minimum Gasteiger partial charge on any atom is -0.515 e. The van der Waals surface area contributed by atoms with Crippen LogP contribution in [0.3, 0.4) is 0 Å². The Labute approximate surface area is 53.4 Å². The van der Waals surface area contributed by atoms with Crippen LogP contribution in [0, 0.1) is 0 Å². The zero-order valence-electron chi connectivity index (χ0n) is 4.86. The zero-order valence-corrected chi connectivity index (χ0v) is 4.86. The quantitative estimate of drug-likeness (QED) is 0.471. The summed E-state index contributed by atoms with van der Waals surface area (Å²) >= 11 is 0. The monoisotopic (exact) mass is 124 g/mol. The molecule has 1 atom stereocenters. The molecule has 0 fully saturated rings. The van der Waals surface area contributed by atoms with Crippen LogP contribution in [0.15, 0.2) is 36.1 Å². The van der Waals surface area contributed by atoms with Crippen molar-refractivity contribution in [2.45, 2.75) is 6.10 Å².